The van der Waals surface area contributed by atoms with Gasteiger partial charge in [0, 0.05) is 6.21 Å². The Balaban J connectivity index is 3.30. The Morgan fingerprint density at radius 3 is 2.36 bits per heavy atom. The predicted molar refractivity (Wildman–Crippen MR) is 87.4 cm³/mol. The topological polar surface area (TPSA) is 62.5 Å². The van der Waals surface area contributed by atoms with E-state index in [0.717, 1.165) is 5.56 Å². The van der Waals surface area contributed by atoms with E-state index in [1.165, 1.54) is 12.3 Å². The van der Waals surface area contributed by atoms with Crippen LogP contribution < -0.4 is 0 Å². The van der Waals surface area contributed by atoms with E-state index < -0.39 is 23.0 Å². The second-order valence-corrected chi connectivity index (χ2v) is 6.16. The van der Waals surface area contributed by atoms with Crippen LogP contribution in [0.1, 0.15) is 39.3 Å². The van der Waals surface area contributed by atoms with Crippen LogP contribution in [0.2, 0.25) is 0 Å². The molecule has 4 nitrogen and oxygen atoms in total. The van der Waals surface area contributed by atoms with Gasteiger partial charge in [0.2, 0.25) is 0 Å². The molecule has 4 heteroatoms. The molecule has 0 saturated heterocycles. The van der Waals surface area contributed by atoms with E-state index >= 15 is 0 Å². The number of nitriles is 1. The van der Waals surface area contributed by atoms with E-state index in [4.69, 9.17) is 4.74 Å². The van der Waals surface area contributed by atoms with Crippen molar-refractivity contribution in [2.24, 2.45) is 10.4 Å². The van der Waals surface area contributed by atoms with E-state index in [1.807, 2.05) is 30.3 Å². The molecule has 0 bridgehead atoms. The molecule has 0 fully saturated rings. The molecule has 0 unspecified atom stereocenters. The number of hydrogen-bond donors (Lipinski definition) is 0. The van der Waals surface area contributed by atoms with E-state index in [1.54, 1.807) is 27.7 Å². The molecule has 2 atom stereocenters. The highest BCUT2D eigenvalue weighted by atomic mass is 16.6. The third-order valence-corrected chi connectivity index (χ3v) is 3.06. The Labute approximate surface area is 132 Å². The molecule has 0 heterocycles. The van der Waals surface area contributed by atoms with Crippen molar-refractivity contribution in [1.82, 2.24) is 0 Å². The van der Waals surface area contributed by atoms with Crippen LogP contribution in [0.15, 0.2) is 48.0 Å². The molecule has 0 amide bonds. The zero-order valence-corrected chi connectivity index (χ0v) is 13.5. The number of aliphatic imine (C=N–C) groups is 1. The lowest BCUT2D eigenvalue weighted by Gasteiger charge is -2.30. The first kappa shape index (κ1) is 17.6. The number of carbonyl (C=O) groups excluding carboxylic acids is 1. The highest BCUT2D eigenvalue weighted by Gasteiger charge is 2.45. The van der Waals surface area contributed by atoms with Crippen molar-refractivity contribution >= 4 is 12.2 Å². The molecule has 0 aliphatic carbocycles. The third kappa shape index (κ3) is 4.29. The van der Waals surface area contributed by atoms with Gasteiger partial charge in [-0.15, -0.1) is 0 Å². The Morgan fingerprint density at radius 1 is 1.32 bits per heavy atom. The van der Waals surface area contributed by atoms with Gasteiger partial charge < -0.3 is 4.74 Å². The molecule has 0 aliphatic heterocycles. The lowest BCUT2D eigenvalue weighted by atomic mass is 9.80. The normalized spacial score (nSPS) is 15.6. The number of hydrogen-bond acceptors (Lipinski definition) is 4. The van der Waals surface area contributed by atoms with Gasteiger partial charge in [0.15, 0.2) is 5.41 Å². The van der Waals surface area contributed by atoms with Crippen LogP contribution in [0, 0.1) is 16.7 Å². The lowest BCUT2D eigenvalue weighted by molar-refractivity contribution is -0.164. The summed E-state index contributed by atoms with van der Waals surface area (Å²) in [7, 11) is 0. The number of carbonyl (C=O) groups is 1. The zero-order valence-electron chi connectivity index (χ0n) is 13.5. The van der Waals surface area contributed by atoms with Crippen molar-refractivity contribution in [3.8, 4) is 6.07 Å². The Kier molecular flexibility index (Phi) is 5.64. The largest absolute Gasteiger partial charge is 0.459 e. The predicted octanol–water partition coefficient (Wildman–Crippen LogP) is 3.86. The highest BCUT2D eigenvalue weighted by Crippen LogP contribution is 2.38. The number of ether oxygens (including phenoxy) is 1. The fourth-order valence-corrected chi connectivity index (χ4v) is 1.95. The quantitative estimate of drug-likeness (QED) is 0.612. The maximum Gasteiger partial charge on any atom is 0.329 e. The number of benzene rings is 1. The summed E-state index contributed by atoms with van der Waals surface area (Å²) in [6, 6.07) is 10.7. The van der Waals surface area contributed by atoms with Gasteiger partial charge in [0.1, 0.15) is 11.6 Å². The van der Waals surface area contributed by atoms with Crippen molar-refractivity contribution < 1.29 is 9.53 Å². The van der Waals surface area contributed by atoms with Gasteiger partial charge >= 0.3 is 5.97 Å². The molecule has 0 aliphatic rings. The fourth-order valence-electron chi connectivity index (χ4n) is 1.95. The third-order valence-electron chi connectivity index (χ3n) is 3.06. The fraction of sp³-hybridized carbons (Fsp3) is 0.389. The standard InChI is InChI=1S/C18H22N2O2/c1-6-12-20-15(14-10-8-7-9-11-14)18(5,13-19)16(21)22-17(2,3)4/h6-12,15H,1H2,2-5H3/t15-,18+/m1/s1. The first-order valence-corrected chi connectivity index (χ1v) is 7.08. The first-order chi connectivity index (χ1) is 10.2. The van der Waals surface area contributed by atoms with Crippen molar-refractivity contribution in [3.05, 3.63) is 48.6 Å². The van der Waals surface area contributed by atoms with E-state index in [2.05, 4.69) is 17.6 Å². The van der Waals surface area contributed by atoms with E-state index in [9.17, 15) is 10.1 Å². The van der Waals surface area contributed by atoms with E-state index in [0.29, 0.717) is 0 Å². The maximum atomic E-state index is 12.5. The average Bonchev–Trinajstić information content (AvgIpc) is 2.46. The molecule has 1 rings (SSSR count). The average molecular weight is 298 g/mol. The first-order valence-electron chi connectivity index (χ1n) is 7.08. The van der Waals surface area contributed by atoms with Gasteiger partial charge in [-0.3, -0.25) is 9.79 Å². The van der Waals surface area contributed by atoms with Crippen LogP contribution in [0.25, 0.3) is 0 Å². The van der Waals surface area contributed by atoms with E-state index in [-0.39, 0.29) is 0 Å². The summed E-state index contributed by atoms with van der Waals surface area (Å²) in [4.78, 5) is 16.9. The summed E-state index contributed by atoms with van der Waals surface area (Å²) in [5.41, 5.74) is -1.32. The van der Waals surface area contributed by atoms with Crippen molar-refractivity contribution in [2.45, 2.75) is 39.3 Å². The summed E-state index contributed by atoms with van der Waals surface area (Å²) in [6.45, 7) is 10.5. The molecule has 0 N–H and O–H groups in total. The summed E-state index contributed by atoms with van der Waals surface area (Å²) in [5, 5.41) is 9.63. The number of rotatable bonds is 5. The minimum Gasteiger partial charge on any atom is -0.459 e. The summed E-state index contributed by atoms with van der Waals surface area (Å²) in [5.74, 6) is -0.586. The molecule has 22 heavy (non-hydrogen) atoms. The number of esters is 1. The Bertz CT molecular complexity index is 594. The van der Waals surface area contributed by atoms with Gasteiger partial charge in [-0.25, -0.2) is 0 Å². The molecule has 116 valence electrons. The van der Waals surface area contributed by atoms with Crippen molar-refractivity contribution in [1.29, 1.82) is 5.26 Å². The van der Waals surface area contributed by atoms with Gasteiger partial charge in [-0.05, 0) is 33.3 Å². The highest BCUT2D eigenvalue weighted by molar-refractivity contribution is 5.82. The summed E-state index contributed by atoms with van der Waals surface area (Å²) in [6.07, 6.45) is 3.01. The van der Waals surface area contributed by atoms with Gasteiger partial charge in [0.05, 0.1) is 6.07 Å². The maximum absolute atomic E-state index is 12.5. The second kappa shape index (κ2) is 7.04. The summed E-state index contributed by atoms with van der Waals surface area (Å²) < 4.78 is 5.42. The molecular formula is C18H22N2O2. The molecular weight excluding hydrogens is 276 g/mol. The molecule has 1 aromatic carbocycles. The van der Waals surface area contributed by atoms with Crippen molar-refractivity contribution in [2.75, 3.05) is 0 Å². The second-order valence-electron chi connectivity index (χ2n) is 6.16. The SMILES string of the molecule is C=CC=N[C@H](c1ccccc1)[C@](C)(C#N)C(=O)OC(C)(C)C. The van der Waals surface area contributed by atoms with Crippen molar-refractivity contribution in [3.63, 3.8) is 0 Å². The van der Waals surface area contributed by atoms with Crippen LogP contribution in [0.4, 0.5) is 0 Å². The lowest BCUT2D eigenvalue weighted by Crippen LogP contribution is -2.38. The molecule has 1 aromatic rings. The van der Waals surface area contributed by atoms with Crippen LogP contribution in [0.3, 0.4) is 0 Å². The Hall–Kier alpha value is -2.41. The van der Waals surface area contributed by atoms with Gasteiger partial charge in [0.25, 0.3) is 0 Å². The van der Waals surface area contributed by atoms with Crippen LogP contribution in [-0.4, -0.2) is 17.8 Å². The molecule has 0 aromatic heterocycles. The minimum atomic E-state index is -1.42. The smallest absolute Gasteiger partial charge is 0.329 e. The van der Waals surface area contributed by atoms with Gasteiger partial charge in [-0.2, -0.15) is 5.26 Å². The van der Waals surface area contributed by atoms with Crippen LogP contribution in [-0.2, 0) is 9.53 Å². The summed E-state index contributed by atoms with van der Waals surface area (Å²) >= 11 is 0. The monoisotopic (exact) mass is 298 g/mol. The zero-order chi connectivity index (χ0) is 16.8. The minimum absolute atomic E-state index is 0.586. The number of nitrogens with zero attached hydrogens (tertiary/aromatic N) is 2. The molecule has 0 radical (unpaired) electrons. The number of allylic oxidation sites excluding steroid dienone is 1. The Morgan fingerprint density at radius 2 is 1.91 bits per heavy atom. The van der Waals surface area contributed by atoms with Crippen LogP contribution >= 0.6 is 0 Å². The van der Waals surface area contributed by atoms with Gasteiger partial charge in [-0.1, -0.05) is 43.0 Å². The van der Waals surface area contributed by atoms with Crippen LogP contribution in [0.5, 0.6) is 0 Å². The molecule has 0 spiro atoms. The molecule has 0 saturated carbocycles.